The molecule has 1 aliphatic heterocycles. The second kappa shape index (κ2) is 7.61. The quantitative estimate of drug-likeness (QED) is 0.500. The van der Waals surface area contributed by atoms with Crippen LogP contribution in [-0.4, -0.2) is 59.7 Å². The molecule has 1 saturated heterocycles. The average molecular weight is 406 g/mol. The molecule has 5 atom stereocenters. The van der Waals surface area contributed by atoms with Crippen LogP contribution in [0.1, 0.15) is 24.8 Å². The highest BCUT2D eigenvalue weighted by Crippen LogP contribution is 2.37. The molecule has 1 aliphatic rings. The molecule has 1 fully saturated rings. The van der Waals surface area contributed by atoms with Crippen molar-refractivity contribution >= 4 is 28.6 Å². The lowest BCUT2D eigenvalue weighted by molar-refractivity contribution is -0.0849. The molecule has 0 radical (unpaired) electrons. The van der Waals surface area contributed by atoms with Crippen LogP contribution >= 0.6 is 11.6 Å². The Bertz CT molecular complexity index is 966. The zero-order chi connectivity index (χ0) is 19.8. The first-order valence-corrected chi connectivity index (χ1v) is 9.25. The summed E-state index contributed by atoms with van der Waals surface area (Å²) >= 11 is 5.88. The highest BCUT2D eigenvalue weighted by molar-refractivity contribution is 6.30. The van der Waals surface area contributed by atoms with Crippen molar-refractivity contribution in [3.8, 4) is 0 Å². The first kappa shape index (κ1) is 19.0. The Labute approximate surface area is 165 Å². The van der Waals surface area contributed by atoms with Gasteiger partial charge in [0.15, 0.2) is 23.2 Å². The summed E-state index contributed by atoms with van der Waals surface area (Å²) in [6.45, 7) is 2.60. The van der Waals surface area contributed by atoms with Crippen LogP contribution in [0.4, 0.5) is 5.82 Å². The van der Waals surface area contributed by atoms with Crippen molar-refractivity contribution in [3.05, 3.63) is 47.5 Å². The predicted octanol–water partition coefficient (Wildman–Crippen LogP) is 1.26. The van der Waals surface area contributed by atoms with E-state index in [-0.39, 0.29) is 0 Å². The van der Waals surface area contributed by atoms with Crippen molar-refractivity contribution in [2.24, 2.45) is 0 Å². The molecule has 0 aliphatic carbocycles. The van der Waals surface area contributed by atoms with E-state index in [0.29, 0.717) is 34.1 Å². The SMILES string of the molecule is CCNc1ncnc2c1ncn2[C@@H]1O[C@H]([C@H](O)c2ccc(Cl)cc2)[C@@H](O)[C@H]1O. The highest BCUT2D eigenvalue weighted by atomic mass is 35.5. The Hall–Kier alpha value is -2.30. The number of hydrogen-bond donors (Lipinski definition) is 4. The molecule has 3 heterocycles. The third-order valence-electron chi connectivity index (χ3n) is 4.78. The average Bonchev–Trinajstić information content (AvgIpc) is 3.25. The normalized spacial score (nSPS) is 25.9. The first-order valence-electron chi connectivity index (χ1n) is 8.87. The minimum absolute atomic E-state index is 0.448. The Kier molecular flexibility index (Phi) is 5.17. The maximum atomic E-state index is 10.6. The summed E-state index contributed by atoms with van der Waals surface area (Å²) in [6.07, 6.45) is -2.86. The van der Waals surface area contributed by atoms with Gasteiger partial charge in [0.2, 0.25) is 0 Å². The van der Waals surface area contributed by atoms with Crippen molar-refractivity contribution in [3.63, 3.8) is 0 Å². The number of nitrogens with one attached hydrogen (secondary N) is 1. The van der Waals surface area contributed by atoms with Crippen molar-refractivity contribution in [2.75, 3.05) is 11.9 Å². The Morgan fingerprint density at radius 1 is 1.18 bits per heavy atom. The maximum absolute atomic E-state index is 10.6. The summed E-state index contributed by atoms with van der Waals surface area (Å²) in [5, 5.41) is 35.3. The van der Waals surface area contributed by atoms with Crippen LogP contribution in [0.5, 0.6) is 0 Å². The van der Waals surface area contributed by atoms with Gasteiger partial charge in [-0.25, -0.2) is 15.0 Å². The number of fused-ring (bicyclic) bond motifs is 1. The van der Waals surface area contributed by atoms with Crippen LogP contribution in [0, 0.1) is 0 Å². The van der Waals surface area contributed by atoms with E-state index in [1.807, 2.05) is 6.92 Å². The van der Waals surface area contributed by atoms with E-state index in [2.05, 4.69) is 20.3 Å². The molecule has 2 aromatic heterocycles. The van der Waals surface area contributed by atoms with Crippen molar-refractivity contribution in [1.82, 2.24) is 19.5 Å². The number of imidazole rings is 1. The van der Waals surface area contributed by atoms with Gasteiger partial charge in [-0.1, -0.05) is 23.7 Å². The number of aliphatic hydroxyl groups is 3. The first-order chi connectivity index (χ1) is 13.5. The molecule has 3 aromatic rings. The highest BCUT2D eigenvalue weighted by Gasteiger charge is 2.47. The van der Waals surface area contributed by atoms with Gasteiger partial charge in [0.1, 0.15) is 30.7 Å². The van der Waals surface area contributed by atoms with E-state index in [9.17, 15) is 15.3 Å². The molecule has 148 valence electrons. The molecule has 4 N–H and O–H groups in total. The van der Waals surface area contributed by atoms with E-state index >= 15 is 0 Å². The number of nitrogens with zero attached hydrogens (tertiary/aromatic N) is 4. The topological polar surface area (TPSA) is 126 Å². The largest absolute Gasteiger partial charge is 0.387 e. The molecule has 9 nitrogen and oxygen atoms in total. The molecule has 0 spiro atoms. The maximum Gasteiger partial charge on any atom is 0.167 e. The molecule has 0 unspecified atom stereocenters. The monoisotopic (exact) mass is 405 g/mol. The van der Waals surface area contributed by atoms with Gasteiger partial charge in [-0.15, -0.1) is 0 Å². The van der Waals surface area contributed by atoms with Gasteiger partial charge in [-0.05, 0) is 24.6 Å². The standard InChI is InChI=1S/C18H20ClN5O4/c1-2-20-16-11-17(22-7-21-16)24(8-23-11)18-14(27)13(26)15(28-18)12(25)9-3-5-10(19)6-4-9/h3-8,12-15,18,25-27H,2H2,1H3,(H,20,21,22)/t12-,13+,14-,15-,18-/m1/s1. The summed E-state index contributed by atoms with van der Waals surface area (Å²) in [5.41, 5.74) is 1.49. The van der Waals surface area contributed by atoms with Gasteiger partial charge >= 0.3 is 0 Å². The molecule has 1 aromatic carbocycles. The van der Waals surface area contributed by atoms with Gasteiger partial charge in [0, 0.05) is 11.6 Å². The van der Waals surface area contributed by atoms with Crippen LogP contribution < -0.4 is 5.32 Å². The fraction of sp³-hybridized carbons (Fsp3) is 0.389. The van der Waals surface area contributed by atoms with E-state index in [1.165, 1.54) is 17.2 Å². The zero-order valence-corrected chi connectivity index (χ0v) is 15.7. The number of aliphatic hydroxyl groups excluding tert-OH is 3. The van der Waals surface area contributed by atoms with Crippen LogP contribution in [-0.2, 0) is 4.74 Å². The fourth-order valence-electron chi connectivity index (χ4n) is 3.36. The molecular formula is C18H20ClN5O4. The molecule has 0 saturated carbocycles. The minimum Gasteiger partial charge on any atom is -0.387 e. The summed E-state index contributed by atoms with van der Waals surface area (Å²) in [4.78, 5) is 12.7. The summed E-state index contributed by atoms with van der Waals surface area (Å²) in [7, 11) is 0. The van der Waals surface area contributed by atoms with Gasteiger partial charge in [-0.2, -0.15) is 0 Å². The molecule has 4 rings (SSSR count). The second-order valence-corrected chi connectivity index (χ2v) is 6.98. The fourth-order valence-corrected chi connectivity index (χ4v) is 3.49. The van der Waals surface area contributed by atoms with Crippen molar-refractivity contribution in [2.45, 2.75) is 37.6 Å². The number of aromatic nitrogens is 4. The molecule has 28 heavy (non-hydrogen) atoms. The number of hydrogen-bond acceptors (Lipinski definition) is 8. The molecule has 0 amide bonds. The summed E-state index contributed by atoms with van der Waals surface area (Å²) < 4.78 is 7.37. The van der Waals surface area contributed by atoms with E-state index in [4.69, 9.17) is 16.3 Å². The van der Waals surface area contributed by atoms with Gasteiger partial charge in [-0.3, -0.25) is 4.57 Å². The number of anilines is 1. The van der Waals surface area contributed by atoms with E-state index in [0.717, 1.165) is 0 Å². The third kappa shape index (κ3) is 3.21. The molecule has 10 heteroatoms. The Morgan fingerprint density at radius 2 is 1.93 bits per heavy atom. The van der Waals surface area contributed by atoms with Crippen LogP contribution in [0.25, 0.3) is 11.2 Å². The van der Waals surface area contributed by atoms with Gasteiger partial charge < -0.3 is 25.4 Å². The summed E-state index contributed by atoms with van der Waals surface area (Å²) in [5.74, 6) is 0.567. The lowest BCUT2D eigenvalue weighted by Crippen LogP contribution is -2.34. The van der Waals surface area contributed by atoms with Gasteiger partial charge in [0.25, 0.3) is 0 Å². The van der Waals surface area contributed by atoms with Crippen molar-refractivity contribution in [1.29, 1.82) is 0 Å². The summed E-state index contributed by atoms with van der Waals surface area (Å²) in [6, 6.07) is 6.56. The predicted molar refractivity (Wildman–Crippen MR) is 102 cm³/mol. The number of benzene rings is 1. The Morgan fingerprint density at radius 3 is 2.64 bits per heavy atom. The van der Waals surface area contributed by atoms with E-state index < -0.39 is 30.6 Å². The lowest BCUT2D eigenvalue weighted by atomic mass is 9.99. The van der Waals surface area contributed by atoms with Crippen LogP contribution in [0.2, 0.25) is 5.02 Å². The van der Waals surface area contributed by atoms with Crippen LogP contribution in [0.15, 0.2) is 36.9 Å². The molecular weight excluding hydrogens is 386 g/mol. The second-order valence-electron chi connectivity index (χ2n) is 6.55. The Balaban J connectivity index is 1.64. The van der Waals surface area contributed by atoms with Crippen molar-refractivity contribution < 1.29 is 20.1 Å². The molecule has 0 bridgehead atoms. The zero-order valence-electron chi connectivity index (χ0n) is 15.0. The smallest absolute Gasteiger partial charge is 0.167 e. The minimum atomic E-state index is -1.30. The lowest BCUT2D eigenvalue weighted by Gasteiger charge is -2.21. The van der Waals surface area contributed by atoms with Crippen LogP contribution in [0.3, 0.4) is 0 Å². The van der Waals surface area contributed by atoms with Gasteiger partial charge in [0.05, 0.1) is 6.33 Å². The number of halogens is 1. The van der Waals surface area contributed by atoms with E-state index in [1.54, 1.807) is 24.3 Å². The number of rotatable bonds is 5. The third-order valence-corrected chi connectivity index (χ3v) is 5.03. The number of ether oxygens (including phenoxy) is 1.